The molecular weight excluding hydrogens is 586 g/mol. The average molecular weight is 628 g/mol. The average Bonchev–Trinajstić information content (AvgIpc) is 3.73. The zero-order valence-corrected chi connectivity index (χ0v) is 26.7. The van der Waals surface area contributed by atoms with Crippen LogP contribution in [0.15, 0.2) is 60.2 Å². The number of Topliss-reactive ketones (excluding diaryl/α,β-unsaturated/α-hetero) is 1. The van der Waals surface area contributed by atoms with Crippen molar-refractivity contribution in [3.05, 3.63) is 82.5 Å². The summed E-state index contributed by atoms with van der Waals surface area (Å²) in [4.78, 5) is 26.2. The number of carbonyl (C=O) groups is 2. The minimum atomic E-state index is -1.19. The summed E-state index contributed by atoms with van der Waals surface area (Å²) in [6.07, 6.45) is 8.13. The molecule has 8 rings (SSSR count). The molecule has 7 nitrogen and oxygen atoms in total. The number of fused-ring (bicyclic) bond motifs is 8. The molecule has 0 spiro atoms. The number of anilines is 1. The van der Waals surface area contributed by atoms with Crippen LogP contribution in [0.5, 0.6) is 5.75 Å². The smallest absolute Gasteiger partial charge is 0.185 e. The molecule has 8 heteroatoms. The largest absolute Gasteiger partial charge is 0.491 e. The van der Waals surface area contributed by atoms with E-state index in [0.29, 0.717) is 25.1 Å². The lowest BCUT2D eigenvalue weighted by molar-refractivity contribution is -0.198. The second-order valence-electron chi connectivity index (χ2n) is 14.5. The van der Waals surface area contributed by atoms with E-state index >= 15 is 0 Å². The Morgan fingerprint density at radius 2 is 1.93 bits per heavy atom. The Morgan fingerprint density at radius 1 is 1.13 bits per heavy atom. The van der Waals surface area contributed by atoms with Crippen LogP contribution in [-0.4, -0.2) is 46.8 Å². The normalized spacial score (nSPS) is 39.3. The van der Waals surface area contributed by atoms with Gasteiger partial charge >= 0.3 is 0 Å². The zero-order valence-electron chi connectivity index (χ0n) is 25.8. The lowest BCUT2D eigenvalue weighted by atomic mass is 9.46. The SMILES string of the molecule is C[C@]12C=CC(=O)C=C1CC[C@@H]1[C@@H]2[C@@H](O)C[C@@]2(C)[C@H]1C[C@H]1O[C@@H](c3ccc(Cc4ccc(N)c5c4CCO5)cc3)O[C@]12C(=O)CS. The van der Waals surface area contributed by atoms with Gasteiger partial charge in [0.15, 0.2) is 23.5 Å². The van der Waals surface area contributed by atoms with Gasteiger partial charge in [-0.05, 0) is 73.3 Å². The molecule has 6 aliphatic rings. The zero-order chi connectivity index (χ0) is 31.3. The fourth-order valence-electron chi connectivity index (χ4n) is 10.4. The van der Waals surface area contributed by atoms with Crippen LogP contribution < -0.4 is 10.5 Å². The van der Waals surface area contributed by atoms with Crippen molar-refractivity contribution in [3.8, 4) is 5.75 Å². The van der Waals surface area contributed by atoms with Crippen LogP contribution in [0.1, 0.15) is 68.1 Å². The molecule has 2 heterocycles. The predicted octanol–water partition coefficient (Wildman–Crippen LogP) is 5.33. The molecule has 0 aromatic heterocycles. The van der Waals surface area contributed by atoms with Crippen molar-refractivity contribution in [2.45, 2.75) is 76.5 Å². The van der Waals surface area contributed by atoms with Crippen LogP contribution in [0.2, 0.25) is 0 Å². The first-order valence-corrected chi connectivity index (χ1v) is 16.9. The number of nitrogens with two attached hydrogens (primary N) is 1. The maximum Gasteiger partial charge on any atom is 0.185 e. The number of rotatable bonds is 5. The number of allylic oxidation sites excluding steroid dienone is 4. The quantitative estimate of drug-likeness (QED) is 0.304. The van der Waals surface area contributed by atoms with Gasteiger partial charge in [0, 0.05) is 34.3 Å². The van der Waals surface area contributed by atoms with E-state index in [1.807, 2.05) is 24.3 Å². The number of aliphatic hydroxyl groups excluding tert-OH is 1. The first-order chi connectivity index (χ1) is 21.6. The summed E-state index contributed by atoms with van der Waals surface area (Å²) in [5.41, 5.74) is 10.2. The second-order valence-corrected chi connectivity index (χ2v) is 14.8. The van der Waals surface area contributed by atoms with E-state index in [1.165, 1.54) is 11.1 Å². The summed E-state index contributed by atoms with van der Waals surface area (Å²) in [5.74, 6) is 1.10. The monoisotopic (exact) mass is 627 g/mol. The first-order valence-electron chi connectivity index (χ1n) is 16.3. The number of nitrogen functional groups attached to an aromatic ring is 1. The van der Waals surface area contributed by atoms with E-state index in [9.17, 15) is 14.7 Å². The number of benzene rings is 2. The third kappa shape index (κ3) is 4.08. The van der Waals surface area contributed by atoms with Crippen molar-refractivity contribution in [1.29, 1.82) is 0 Å². The summed E-state index contributed by atoms with van der Waals surface area (Å²) in [5, 5.41) is 11.9. The Kier molecular flexibility index (Phi) is 6.75. The van der Waals surface area contributed by atoms with Gasteiger partial charge in [-0.25, -0.2) is 0 Å². The van der Waals surface area contributed by atoms with Crippen molar-refractivity contribution in [2.24, 2.45) is 28.6 Å². The van der Waals surface area contributed by atoms with E-state index in [1.54, 1.807) is 12.2 Å². The van der Waals surface area contributed by atoms with E-state index < -0.39 is 29.5 Å². The van der Waals surface area contributed by atoms with Gasteiger partial charge in [-0.15, -0.1) is 0 Å². The van der Waals surface area contributed by atoms with Crippen molar-refractivity contribution >= 4 is 29.9 Å². The summed E-state index contributed by atoms with van der Waals surface area (Å²) < 4.78 is 19.3. The van der Waals surface area contributed by atoms with E-state index in [4.69, 9.17) is 19.9 Å². The number of carbonyl (C=O) groups excluding carboxylic acids is 2. The first kappa shape index (κ1) is 29.5. The standard InChI is InChI=1S/C37H41NO6S/c1-35-13-11-24(39)16-23(35)8-9-26-27-17-31-37(30(41)19-45,36(27,2)18-29(40)32(26)35)44-34(43-31)21-5-3-20(4-6-21)15-22-7-10-28(38)33-25(22)12-14-42-33/h3-7,10-11,13,16,26-27,29,31-32,34,40,45H,8-9,12,14-15,17-19,38H2,1-2H3/t26-,27-,29-,31+,32+,34+,35-,36-,37+/m0/s1. The highest BCUT2D eigenvalue weighted by molar-refractivity contribution is 7.81. The van der Waals surface area contributed by atoms with Crippen molar-refractivity contribution < 1.29 is 28.9 Å². The number of thiol groups is 1. The molecule has 1 saturated heterocycles. The lowest BCUT2D eigenvalue weighted by Crippen LogP contribution is -2.63. The van der Waals surface area contributed by atoms with Crippen LogP contribution in [-0.2, 0) is 31.9 Å². The van der Waals surface area contributed by atoms with E-state index in [0.717, 1.165) is 48.1 Å². The molecule has 0 unspecified atom stereocenters. The number of ether oxygens (including phenoxy) is 3. The van der Waals surface area contributed by atoms with Gasteiger partial charge in [-0.1, -0.05) is 55.8 Å². The molecule has 2 aliphatic heterocycles. The summed E-state index contributed by atoms with van der Waals surface area (Å²) in [7, 11) is 0. The van der Waals surface area contributed by atoms with Crippen molar-refractivity contribution in [1.82, 2.24) is 0 Å². The fourth-order valence-corrected chi connectivity index (χ4v) is 10.6. The molecule has 236 valence electrons. The highest BCUT2D eigenvalue weighted by Gasteiger charge is 2.75. The van der Waals surface area contributed by atoms with Gasteiger partial charge in [-0.3, -0.25) is 9.59 Å². The van der Waals surface area contributed by atoms with Gasteiger partial charge in [0.05, 0.1) is 30.3 Å². The molecule has 0 bridgehead atoms. The molecule has 4 aliphatic carbocycles. The van der Waals surface area contributed by atoms with Crippen LogP contribution in [0, 0.1) is 28.6 Å². The fraction of sp³-hybridized carbons (Fsp3) is 0.514. The maximum atomic E-state index is 14.0. The Bertz CT molecular complexity index is 1650. The van der Waals surface area contributed by atoms with Gasteiger partial charge in [0.25, 0.3) is 0 Å². The van der Waals surface area contributed by atoms with E-state index in [-0.39, 0.29) is 40.5 Å². The number of aliphatic hydroxyl groups is 1. The number of hydrogen-bond acceptors (Lipinski definition) is 8. The van der Waals surface area contributed by atoms with Gasteiger partial charge in [0.1, 0.15) is 5.75 Å². The summed E-state index contributed by atoms with van der Waals surface area (Å²) in [6, 6.07) is 12.3. The Balaban J connectivity index is 1.07. The molecule has 3 N–H and O–H groups in total. The molecule has 0 amide bonds. The number of ketones is 2. The Hall–Kier alpha value is -2.91. The molecule has 45 heavy (non-hydrogen) atoms. The molecule has 9 atom stereocenters. The van der Waals surface area contributed by atoms with Gasteiger partial charge < -0.3 is 25.1 Å². The highest BCUT2D eigenvalue weighted by Crippen LogP contribution is 2.70. The minimum Gasteiger partial charge on any atom is -0.491 e. The second kappa shape index (κ2) is 10.3. The van der Waals surface area contributed by atoms with Crippen LogP contribution in [0.4, 0.5) is 5.69 Å². The summed E-state index contributed by atoms with van der Waals surface area (Å²) >= 11 is 4.46. The van der Waals surface area contributed by atoms with Gasteiger partial charge in [-0.2, -0.15) is 12.6 Å². The number of hydrogen-bond donors (Lipinski definition) is 3. The lowest BCUT2D eigenvalue weighted by Gasteiger charge is -2.59. The van der Waals surface area contributed by atoms with Crippen LogP contribution in [0.3, 0.4) is 0 Å². The third-order valence-corrected chi connectivity index (χ3v) is 12.7. The van der Waals surface area contributed by atoms with E-state index in [2.05, 4.69) is 44.7 Å². The Morgan fingerprint density at radius 3 is 2.71 bits per heavy atom. The maximum absolute atomic E-state index is 14.0. The molecule has 3 saturated carbocycles. The topological polar surface area (TPSA) is 108 Å². The van der Waals surface area contributed by atoms with Crippen molar-refractivity contribution in [2.75, 3.05) is 18.1 Å². The summed E-state index contributed by atoms with van der Waals surface area (Å²) in [6.45, 7) is 4.96. The molecule has 0 radical (unpaired) electrons. The van der Waals surface area contributed by atoms with Crippen LogP contribution >= 0.6 is 12.6 Å². The molecule has 2 aromatic carbocycles. The third-order valence-electron chi connectivity index (χ3n) is 12.4. The molecule has 2 aromatic rings. The highest BCUT2D eigenvalue weighted by atomic mass is 32.1. The Labute approximate surface area is 269 Å². The minimum absolute atomic E-state index is 0.0222. The van der Waals surface area contributed by atoms with Crippen molar-refractivity contribution in [3.63, 3.8) is 0 Å². The van der Waals surface area contributed by atoms with Crippen LogP contribution in [0.25, 0.3) is 0 Å². The molecular formula is C37H41NO6S. The molecule has 4 fully saturated rings. The predicted molar refractivity (Wildman–Crippen MR) is 173 cm³/mol. The van der Waals surface area contributed by atoms with Gasteiger partial charge in [0.2, 0.25) is 0 Å².